The number of thioether (sulfide) groups is 1. The molecule has 1 saturated heterocycles. The molecule has 174 valence electrons. The summed E-state index contributed by atoms with van der Waals surface area (Å²) >= 11 is 1.28. The Morgan fingerprint density at radius 3 is 2.43 bits per heavy atom. The topological polar surface area (TPSA) is 140 Å². The van der Waals surface area contributed by atoms with Crippen molar-refractivity contribution in [1.82, 2.24) is 0 Å². The Morgan fingerprint density at radius 1 is 0.971 bits per heavy atom. The summed E-state index contributed by atoms with van der Waals surface area (Å²) in [6.07, 6.45) is -0.652. The number of amides is 1. The van der Waals surface area contributed by atoms with Crippen LogP contribution in [0.4, 0.5) is 22.7 Å². The number of nitro groups is 2. The van der Waals surface area contributed by atoms with Crippen molar-refractivity contribution >= 4 is 46.3 Å². The molecule has 0 bridgehead atoms. The van der Waals surface area contributed by atoms with Crippen LogP contribution in [0, 0.1) is 20.2 Å². The maximum Gasteiger partial charge on any atom is 0.292 e. The van der Waals surface area contributed by atoms with E-state index in [1.54, 1.807) is 53.4 Å². The summed E-state index contributed by atoms with van der Waals surface area (Å²) in [4.78, 5) is 41.6. The van der Waals surface area contributed by atoms with Crippen molar-refractivity contribution in [2.24, 2.45) is 5.16 Å². The van der Waals surface area contributed by atoms with Crippen molar-refractivity contribution in [3.8, 4) is 0 Å². The highest BCUT2D eigenvalue weighted by atomic mass is 32.2. The van der Waals surface area contributed by atoms with Gasteiger partial charge < -0.3 is 10.2 Å². The van der Waals surface area contributed by atoms with Crippen LogP contribution in [0.25, 0.3) is 0 Å². The van der Waals surface area contributed by atoms with Gasteiger partial charge in [-0.05, 0) is 29.8 Å². The number of amidine groups is 1. The molecule has 3 aliphatic heterocycles. The Morgan fingerprint density at radius 2 is 1.69 bits per heavy atom. The Balaban J connectivity index is 1.52. The molecule has 3 heterocycles. The number of non-ortho nitro benzene ring substituents is 1. The average molecular weight is 489 g/mol. The van der Waals surface area contributed by atoms with Gasteiger partial charge in [-0.1, -0.05) is 35.5 Å². The predicted molar refractivity (Wildman–Crippen MR) is 128 cm³/mol. The van der Waals surface area contributed by atoms with Crippen LogP contribution in [-0.4, -0.2) is 26.8 Å². The van der Waals surface area contributed by atoms with E-state index in [2.05, 4.69) is 10.5 Å². The second-order valence-electron chi connectivity index (χ2n) is 8.09. The van der Waals surface area contributed by atoms with Crippen LogP contribution in [0.1, 0.15) is 17.2 Å². The van der Waals surface area contributed by atoms with Gasteiger partial charge in [0.2, 0.25) is 4.87 Å². The van der Waals surface area contributed by atoms with Gasteiger partial charge in [0.15, 0.2) is 11.9 Å². The van der Waals surface area contributed by atoms with Crippen LogP contribution in [0.5, 0.6) is 0 Å². The lowest BCUT2D eigenvalue weighted by molar-refractivity contribution is -0.384. The summed E-state index contributed by atoms with van der Waals surface area (Å²) in [5.41, 5.74) is 1.89. The lowest BCUT2D eigenvalue weighted by Gasteiger charge is -2.33. The average Bonchev–Trinajstić information content (AvgIpc) is 3.50. The molecule has 0 radical (unpaired) electrons. The number of rotatable bonds is 4. The van der Waals surface area contributed by atoms with E-state index >= 15 is 0 Å². The Bertz CT molecular complexity index is 1440. The summed E-state index contributed by atoms with van der Waals surface area (Å²) in [6.45, 7) is 0. The standard InChI is InChI=1S/C23H15N5O6S/c29-22-23(15-5-1-2-6-16(15)24-22)26(17-7-3-4-8-18(17)28(32)33)21-20(35-23)19(34-25-21)13-9-11-14(12-10-13)27(30)31/h1-12,19-20H,(H,24,29). The first-order valence-electron chi connectivity index (χ1n) is 10.5. The third-order valence-corrected chi connectivity index (χ3v) is 7.87. The van der Waals surface area contributed by atoms with Crippen molar-refractivity contribution in [2.75, 3.05) is 10.2 Å². The van der Waals surface area contributed by atoms with Gasteiger partial charge in [-0.25, -0.2) is 0 Å². The SMILES string of the molecule is O=C1Nc2ccccc2C12SC1C(=NOC1c1ccc([N+](=O)[O-])cc1)N2c1ccccc1[N+](=O)[O-]. The third kappa shape index (κ3) is 2.93. The Hall–Kier alpha value is -4.45. The summed E-state index contributed by atoms with van der Waals surface area (Å²) < 4.78 is 0. The van der Waals surface area contributed by atoms with Gasteiger partial charge in [0, 0.05) is 29.4 Å². The fourth-order valence-corrected chi connectivity index (χ4v) is 6.42. The summed E-state index contributed by atoms with van der Waals surface area (Å²) in [5, 5.41) is 29.7. The predicted octanol–water partition coefficient (Wildman–Crippen LogP) is 4.31. The number of benzene rings is 3. The molecule has 1 N–H and O–H groups in total. The lowest BCUT2D eigenvalue weighted by Crippen LogP contribution is -2.47. The summed E-state index contributed by atoms with van der Waals surface area (Å²) in [6, 6.07) is 19.3. The molecule has 3 aliphatic rings. The van der Waals surface area contributed by atoms with E-state index in [1.165, 1.54) is 30.0 Å². The number of carbonyl (C=O) groups is 1. The lowest BCUT2D eigenvalue weighted by atomic mass is 10.0. The number of nitrogens with one attached hydrogen (secondary N) is 1. The molecule has 3 unspecified atom stereocenters. The van der Waals surface area contributed by atoms with Crippen molar-refractivity contribution < 1.29 is 19.5 Å². The molecule has 0 aliphatic carbocycles. The molecule has 6 rings (SSSR count). The minimum absolute atomic E-state index is 0.0610. The van der Waals surface area contributed by atoms with E-state index < -0.39 is 26.1 Å². The molecular weight excluding hydrogens is 474 g/mol. The maximum atomic E-state index is 13.6. The Kier molecular flexibility index (Phi) is 4.54. The second kappa shape index (κ2) is 7.53. The normalized spacial score (nSPS) is 23.9. The number of anilines is 2. The molecule has 3 aromatic rings. The molecule has 3 atom stereocenters. The second-order valence-corrected chi connectivity index (χ2v) is 9.42. The van der Waals surface area contributed by atoms with Gasteiger partial charge in [0.05, 0.1) is 9.85 Å². The number of nitro benzene ring substituents is 2. The van der Waals surface area contributed by atoms with E-state index in [0.29, 0.717) is 22.6 Å². The van der Waals surface area contributed by atoms with E-state index in [-0.39, 0.29) is 23.0 Å². The highest BCUT2D eigenvalue weighted by Crippen LogP contribution is 2.61. The highest BCUT2D eigenvalue weighted by molar-refractivity contribution is 8.03. The quantitative estimate of drug-likeness (QED) is 0.422. The Labute approximate surface area is 201 Å². The third-order valence-electron chi connectivity index (χ3n) is 6.23. The minimum atomic E-state index is -1.35. The van der Waals surface area contributed by atoms with Crippen molar-refractivity contribution in [3.63, 3.8) is 0 Å². The van der Waals surface area contributed by atoms with Crippen LogP contribution in [0.3, 0.4) is 0 Å². The molecular formula is C23H15N5O6S. The van der Waals surface area contributed by atoms with Crippen LogP contribution in [-0.2, 0) is 14.5 Å². The first kappa shape index (κ1) is 21.1. The van der Waals surface area contributed by atoms with E-state index in [1.807, 2.05) is 6.07 Å². The fraction of sp³-hybridized carbons (Fsp3) is 0.130. The smallest absolute Gasteiger partial charge is 0.292 e. The summed E-state index contributed by atoms with van der Waals surface area (Å²) in [7, 11) is 0. The minimum Gasteiger partial charge on any atom is -0.384 e. The zero-order chi connectivity index (χ0) is 24.3. The van der Waals surface area contributed by atoms with Crippen LogP contribution in [0.2, 0.25) is 0 Å². The molecule has 12 heteroatoms. The molecule has 0 aromatic heterocycles. The van der Waals surface area contributed by atoms with Gasteiger partial charge in [-0.2, -0.15) is 0 Å². The number of para-hydroxylation sites is 3. The molecule has 1 amide bonds. The van der Waals surface area contributed by atoms with Crippen LogP contribution in [0.15, 0.2) is 78.0 Å². The largest absolute Gasteiger partial charge is 0.384 e. The first-order valence-corrected chi connectivity index (χ1v) is 11.4. The van der Waals surface area contributed by atoms with E-state index in [9.17, 15) is 25.0 Å². The molecule has 1 fully saturated rings. The van der Waals surface area contributed by atoms with Crippen LogP contribution < -0.4 is 10.2 Å². The van der Waals surface area contributed by atoms with Crippen LogP contribution >= 0.6 is 11.8 Å². The molecule has 35 heavy (non-hydrogen) atoms. The van der Waals surface area contributed by atoms with Crippen molar-refractivity contribution in [2.45, 2.75) is 16.2 Å². The zero-order valence-electron chi connectivity index (χ0n) is 17.7. The summed E-state index contributed by atoms with van der Waals surface area (Å²) in [5.74, 6) is 0.0147. The zero-order valence-corrected chi connectivity index (χ0v) is 18.5. The van der Waals surface area contributed by atoms with Gasteiger partial charge in [0.1, 0.15) is 10.9 Å². The molecule has 0 saturated carbocycles. The van der Waals surface area contributed by atoms with E-state index in [0.717, 1.165) is 0 Å². The molecule has 11 nitrogen and oxygen atoms in total. The number of nitrogens with zero attached hydrogens (tertiary/aromatic N) is 4. The van der Waals surface area contributed by atoms with Crippen molar-refractivity contribution in [1.29, 1.82) is 0 Å². The number of oxime groups is 1. The van der Waals surface area contributed by atoms with Gasteiger partial charge in [0.25, 0.3) is 17.3 Å². The molecule has 3 aromatic carbocycles. The number of hydrogen-bond acceptors (Lipinski definition) is 9. The van der Waals surface area contributed by atoms with Gasteiger partial charge in [-0.3, -0.25) is 29.9 Å². The maximum absolute atomic E-state index is 13.6. The number of hydrogen-bond donors (Lipinski definition) is 1. The number of fused-ring (bicyclic) bond motifs is 3. The highest BCUT2D eigenvalue weighted by Gasteiger charge is 2.65. The van der Waals surface area contributed by atoms with Crippen molar-refractivity contribution in [3.05, 3.63) is 104 Å². The fourth-order valence-electron chi connectivity index (χ4n) is 4.71. The van der Waals surface area contributed by atoms with Gasteiger partial charge >= 0.3 is 0 Å². The van der Waals surface area contributed by atoms with E-state index in [4.69, 9.17) is 4.84 Å². The van der Waals surface area contributed by atoms with Gasteiger partial charge in [-0.15, -0.1) is 11.8 Å². The molecule has 1 spiro atoms. The first-order chi connectivity index (χ1) is 16.9. The monoisotopic (exact) mass is 489 g/mol. The number of carbonyl (C=O) groups excluding carboxylic acids is 1.